The van der Waals surface area contributed by atoms with E-state index in [2.05, 4.69) is 17.4 Å². The van der Waals surface area contributed by atoms with Crippen molar-refractivity contribution in [1.29, 1.82) is 0 Å². The molecule has 1 heterocycles. The fourth-order valence-corrected chi connectivity index (χ4v) is 3.22. The third kappa shape index (κ3) is 4.47. The number of amides is 2. The Morgan fingerprint density at radius 1 is 1.16 bits per heavy atom. The predicted octanol–water partition coefficient (Wildman–Crippen LogP) is 3.10. The molecule has 1 atom stereocenters. The van der Waals surface area contributed by atoms with Crippen LogP contribution in [0.4, 0.5) is 5.69 Å². The van der Waals surface area contributed by atoms with E-state index in [4.69, 9.17) is 0 Å². The lowest BCUT2D eigenvalue weighted by Crippen LogP contribution is -2.33. The van der Waals surface area contributed by atoms with Gasteiger partial charge in [0.2, 0.25) is 11.8 Å². The molecule has 3 rings (SSSR count). The molecule has 0 radical (unpaired) electrons. The number of nitrogens with zero attached hydrogens (tertiary/aromatic N) is 1. The van der Waals surface area contributed by atoms with Crippen molar-refractivity contribution in [2.24, 2.45) is 5.92 Å². The van der Waals surface area contributed by atoms with Crippen molar-refractivity contribution in [3.63, 3.8) is 0 Å². The van der Waals surface area contributed by atoms with Crippen molar-refractivity contribution in [2.45, 2.75) is 26.2 Å². The minimum absolute atomic E-state index is 0.0171. The minimum atomic E-state index is -0.260. The van der Waals surface area contributed by atoms with E-state index in [-0.39, 0.29) is 17.7 Å². The molecular formula is C21H24N2O2. The monoisotopic (exact) mass is 336 g/mol. The molecule has 1 aliphatic rings. The van der Waals surface area contributed by atoms with Crippen molar-refractivity contribution in [1.82, 2.24) is 5.32 Å². The summed E-state index contributed by atoms with van der Waals surface area (Å²) >= 11 is 0. The molecular weight excluding hydrogens is 312 g/mol. The highest BCUT2D eigenvalue weighted by atomic mass is 16.2. The van der Waals surface area contributed by atoms with Gasteiger partial charge in [-0.1, -0.05) is 42.5 Å². The second kappa shape index (κ2) is 7.97. The van der Waals surface area contributed by atoms with Crippen LogP contribution in [0.25, 0.3) is 0 Å². The van der Waals surface area contributed by atoms with Crippen LogP contribution in [0.3, 0.4) is 0 Å². The van der Waals surface area contributed by atoms with Gasteiger partial charge in [-0.2, -0.15) is 0 Å². The zero-order valence-electron chi connectivity index (χ0n) is 14.6. The Labute approximate surface area is 148 Å². The summed E-state index contributed by atoms with van der Waals surface area (Å²) in [4.78, 5) is 26.3. The number of carbonyl (C=O) groups excluding carboxylic acids is 2. The molecule has 1 fully saturated rings. The molecule has 2 aromatic carbocycles. The number of benzene rings is 2. The van der Waals surface area contributed by atoms with Gasteiger partial charge in [0.1, 0.15) is 0 Å². The van der Waals surface area contributed by atoms with Crippen molar-refractivity contribution in [2.75, 3.05) is 18.0 Å². The third-order valence-electron chi connectivity index (χ3n) is 4.59. The molecule has 4 nitrogen and oxygen atoms in total. The highest BCUT2D eigenvalue weighted by molar-refractivity contribution is 6.00. The molecule has 2 aromatic rings. The molecule has 0 aromatic heterocycles. The van der Waals surface area contributed by atoms with Gasteiger partial charge in [0.05, 0.1) is 5.92 Å². The van der Waals surface area contributed by atoms with E-state index in [0.717, 1.165) is 24.1 Å². The van der Waals surface area contributed by atoms with Gasteiger partial charge in [-0.3, -0.25) is 9.59 Å². The molecule has 1 saturated heterocycles. The summed E-state index contributed by atoms with van der Waals surface area (Å²) in [5.41, 5.74) is 3.27. The van der Waals surface area contributed by atoms with E-state index in [9.17, 15) is 9.59 Å². The van der Waals surface area contributed by atoms with Gasteiger partial charge in [0, 0.05) is 25.2 Å². The van der Waals surface area contributed by atoms with Crippen molar-refractivity contribution >= 4 is 17.5 Å². The van der Waals surface area contributed by atoms with E-state index in [1.807, 2.05) is 49.4 Å². The molecule has 0 spiro atoms. The van der Waals surface area contributed by atoms with Gasteiger partial charge in [-0.25, -0.2) is 0 Å². The minimum Gasteiger partial charge on any atom is -0.356 e. The molecule has 1 N–H and O–H groups in total. The first-order valence-electron chi connectivity index (χ1n) is 8.82. The van der Waals surface area contributed by atoms with Gasteiger partial charge in [0.25, 0.3) is 0 Å². The van der Waals surface area contributed by atoms with Crippen LogP contribution in [0.1, 0.15) is 24.0 Å². The molecule has 0 aliphatic carbocycles. The maximum Gasteiger partial charge on any atom is 0.227 e. The Kier molecular flexibility index (Phi) is 5.49. The molecule has 2 amide bonds. The second-order valence-electron chi connectivity index (χ2n) is 6.62. The Morgan fingerprint density at radius 3 is 2.72 bits per heavy atom. The average Bonchev–Trinajstić information content (AvgIpc) is 3.01. The second-order valence-corrected chi connectivity index (χ2v) is 6.62. The van der Waals surface area contributed by atoms with Crippen LogP contribution in [0.5, 0.6) is 0 Å². The summed E-state index contributed by atoms with van der Waals surface area (Å²) in [6, 6.07) is 18.1. The standard InChI is InChI=1S/C21H24N2O2/c1-16-7-5-11-19(13-16)23-15-18(14-20(23)24)21(25)22-12-6-10-17-8-3-2-4-9-17/h2-5,7-9,11,13,18H,6,10,12,14-15H2,1H3,(H,22,25). The lowest BCUT2D eigenvalue weighted by Gasteiger charge is -2.17. The predicted molar refractivity (Wildman–Crippen MR) is 99.4 cm³/mol. The molecule has 130 valence electrons. The molecule has 4 heteroatoms. The Morgan fingerprint density at radius 2 is 1.96 bits per heavy atom. The summed E-state index contributed by atoms with van der Waals surface area (Å²) in [6.07, 6.45) is 2.14. The number of aryl methyl sites for hydroxylation is 2. The Hall–Kier alpha value is -2.62. The zero-order valence-corrected chi connectivity index (χ0v) is 14.6. The van der Waals surface area contributed by atoms with Crippen molar-refractivity contribution in [3.05, 3.63) is 65.7 Å². The van der Waals surface area contributed by atoms with E-state index < -0.39 is 0 Å². The highest BCUT2D eigenvalue weighted by Crippen LogP contribution is 2.25. The van der Waals surface area contributed by atoms with Crippen LogP contribution >= 0.6 is 0 Å². The smallest absolute Gasteiger partial charge is 0.227 e. The quantitative estimate of drug-likeness (QED) is 0.824. The number of hydrogen-bond acceptors (Lipinski definition) is 2. The molecule has 0 saturated carbocycles. The van der Waals surface area contributed by atoms with Gasteiger partial charge in [0.15, 0.2) is 0 Å². The van der Waals surface area contributed by atoms with Crippen LogP contribution in [0, 0.1) is 12.8 Å². The first kappa shape index (κ1) is 17.2. The fraction of sp³-hybridized carbons (Fsp3) is 0.333. The lowest BCUT2D eigenvalue weighted by molar-refractivity contribution is -0.126. The van der Waals surface area contributed by atoms with Crippen LogP contribution in [-0.4, -0.2) is 24.9 Å². The third-order valence-corrected chi connectivity index (χ3v) is 4.59. The van der Waals surface area contributed by atoms with Gasteiger partial charge in [-0.15, -0.1) is 0 Å². The maximum absolute atomic E-state index is 12.4. The zero-order chi connectivity index (χ0) is 17.6. The summed E-state index contributed by atoms with van der Waals surface area (Å²) in [6.45, 7) is 3.11. The van der Waals surface area contributed by atoms with Crippen molar-refractivity contribution < 1.29 is 9.59 Å². The number of rotatable bonds is 6. The van der Waals surface area contributed by atoms with Crippen LogP contribution in [0.2, 0.25) is 0 Å². The summed E-state index contributed by atoms with van der Waals surface area (Å²) < 4.78 is 0. The first-order chi connectivity index (χ1) is 12.1. The Balaban J connectivity index is 1.47. The van der Waals surface area contributed by atoms with Gasteiger partial charge < -0.3 is 10.2 Å². The van der Waals surface area contributed by atoms with Crippen LogP contribution < -0.4 is 10.2 Å². The number of hydrogen-bond donors (Lipinski definition) is 1. The molecule has 0 bridgehead atoms. The summed E-state index contributed by atoms with van der Waals surface area (Å²) in [5, 5.41) is 2.98. The van der Waals surface area contributed by atoms with Gasteiger partial charge in [-0.05, 0) is 43.0 Å². The SMILES string of the molecule is Cc1cccc(N2CC(C(=O)NCCCc3ccccc3)CC2=O)c1. The number of anilines is 1. The van der Waals surface area contributed by atoms with E-state index in [0.29, 0.717) is 19.5 Å². The lowest BCUT2D eigenvalue weighted by atomic mass is 10.1. The summed E-state index contributed by atoms with van der Waals surface area (Å²) in [7, 11) is 0. The van der Waals surface area contributed by atoms with Crippen LogP contribution in [0.15, 0.2) is 54.6 Å². The fourth-order valence-electron chi connectivity index (χ4n) is 3.22. The first-order valence-corrected chi connectivity index (χ1v) is 8.82. The number of carbonyl (C=O) groups is 2. The number of nitrogens with one attached hydrogen (secondary N) is 1. The molecule has 1 aliphatic heterocycles. The normalized spacial score (nSPS) is 16.9. The highest BCUT2D eigenvalue weighted by Gasteiger charge is 2.34. The maximum atomic E-state index is 12.4. The van der Waals surface area contributed by atoms with E-state index in [1.165, 1.54) is 5.56 Å². The van der Waals surface area contributed by atoms with Crippen molar-refractivity contribution in [3.8, 4) is 0 Å². The molecule has 25 heavy (non-hydrogen) atoms. The Bertz CT molecular complexity index is 743. The average molecular weight is 336 g/mol. The topological polar surface area (TPSA) is 49.4 Å². The van der Waals surface area contributed by atoms with Crippen LogP contribution in [-0.2, 0) is 16.0 Å². The largest absolute Gasteiger partial charge is 0.356 e. The molecule has 1 unspecified atom stereocenters. The van der Waals surface area contributed by atoms with Gasteiger partial charge >= 0.3 is 0 Å². The van der Waals surface area contributed by atoms with E-state index in [1.54, 1.807) is 4.90 Å². The summed E-state index contributed by atoms with van der Waals surface area (Å²) in [5.74, 6) is -0.253. The van der Waals surface area contributed by atoms with E-state index >= 15 is 0 Å².